The van der Waals surface area contributed by atoms with E-state index in [1.165, 1.54) is 5.57 Å². The number of pyridine rings is 1. The molecule has 6 heteroatoms. The number of methoxy groups -OCH3 is 1. The van der Waals surface area contributed by atoms with E-state index >= 15 is 0 Å². The van der Waals surface area contributed by atoms with Crippen LogP contribution in [0, 0.1) is 11.8 Å². The van der Waals surface area contributed by atoms with Crippen molar-refractivity contribution in [3.63, 3.8) is 0 Å². The number of nitrogens with zero attached hydrogens (tertiary/aromatic N) is 3. The Morgan fingerprint density at radius 2 is 1.80 bits per heavy atom. The first-order valence-electron chi connectivity index (χ1n) is 10.3. The lowest BCUT2D eigenvalue weighted by molar-refractivity contribution is 0.398. The van der Waals surface area contributed by atoms with Crippen molar-refractivity contribution in [2.75, 3.05) is 20.2 Å². The van der Waals surface area contributed by atoms with E-state index in [4.69, 9.17) is 4.74 Å². The quantitative estimate of drug-likeness (QED) is 0.691. The van der Waals surface area contributed by atoms with E-state index in [1.54, 1.807) is 31.8 Å². The number of allylic oxidation sites excluding steroid dienone is 1. The number of aromatic nitrogens is 3. The van der Waals surface area contributed by atoms with Gasteiger partial charge in [0.1, 0.15) is 5.75 Å². The maximum atomic E-state index is 10.6. The fourth-order valence-corrected chi connectivity index (χ4v) is 4.53. The normalized spacial score (nSPS) is 21.7. The summed E-state index contributed by atoms with van der Waals surface area (Å²) in [6, 6.07) is 9.26. The molecule has 152 valence electrons. The van der Waals surface area contributed by atoms with Crippen LogP contribution >= 0.6 is 0 Å². The smallest absolute Gasteiger partial charge is 0.213 e. The first-order chi connectivity index (χ1) is 14.7. The molecule has 1 aliphatic heterocycles. The van der Waals surface area contributed by atoms with Crippen molar-refractivity contribution in [1.82, 2.24) is 20.3 Å². The molecule has 0 amide bonds. The second kappa shape index (κ2) is 7.88. The summed E-state index contributed by atoms with van der Waals surface area (Å²) in [6.45, 7) is 2.27. The van der Waals surface area contributed by atoms with Crippen LogP contribution in [0.25, 0.3) is 28.5 Å². The van der Waals surface area contributed by atoms with E-state index in [9.17, 15) is 5.11 Å². The third kappa shape index (κ3) is 3.66. The Balaban J connectivity index is 1.35. The van der Waals surface area contributed by atoms with Crippen molar-refractivity contribution in [3.05, 3.63) is 60.2 Å². The van der Waals surface area contributed by atoms with Crippen molar-refractivity contribution in [3.8, 4) is 34.0 Å². The van der Waals surface area contributed by atoms with Crippen LogP contribution in [-0.2, 0) is 0 Å². The molecule has 1 aliphatic carbocycles. The molecule has 1 saturated carbocycles. The summed E-state index contributed by atoms with van der Waals surface area (Å²) >= 11 is 0. The molecule has 2 aliphatic rings. The monoisotopic (exact) mass is 400 g/mol. The average molecular weight is 400 g/mol. The van der Waals surface area contributed by atoms with E-state index in [0.717, 1.165) is 54.6 Å². The third-order valence-corrected chi connectivity index (χ3v) is 6.10. The number of hydrogen-bond acceptors (Lipinski definition) is 6. The Labute approximate surface area is 175 Å². The largest absolute Gasteiger partial charge is 0.507 e. The molecule has 1 aromatic carbocycles. The minimum absolute atomic E-state index is 0.166. The highest BCUT2D eigenvalue weighted by atomic mass is 16.5. The number of phenols is 1. The number of nitrogens with one attached hydrogen (secondary N) is 1. The number of ether oxygens (including phenoxy) is 1. The summed E-state index contributed by atoms with van der Waals surface area (Å²) in [5.41, 5.74) is 5.46. The van der Waals surface area contributed by atoms with Crippen molar-refractivity contribution in [1.29, 1.82) is 0 Å². The fraction of sp³-hybridized carbons (Fsp3) is 0.292. The van der Waals surface area contributed by atoms with E-state index in [2.05, 4.69) is 26.3 Å². The molecule has 2 aromatic heterocycles. The lowest BCUT2D eigenvalue weighted by Gasteiger charge is -2.08. The highest BCUT2D eigenvalue weighted by Gasteiger charge is 2.33. The van der Waals surface area contributed by atoms with E-state index in [0.29, 0.717) is 17.1 Å². The highest BCUT2D eigenvalue weighted by Crippen LogP contribution is 2.39. The molecule has 0 spiro atoms. The molecule has 2 fully saturated rings. The molecule has 1 saturated heterocycles. The zero-order chi connectivity index (χ0) is 20.5. The summed E-state index contributed by atoms with van der Waals surface area (Å²) in [6.07, 6.45) is 9.69. The molecule has 0 unspecified atom stereocenters. The van der Waals surface area contributed by atoms with Gasteiger partial charge in [0.15, 0.2) is 0 Å². The van der Waals surface area contributed by atoms with E-state index < -0.39 is 0 Å². The number of fused-ring (bicyclic) bond motifs is 1. The zero-order valence-electron chi connectivity index (χ0n) is 16.9. The van der Waals surface area contributed by atoms with Gasteiger partial charge < -0.3 is 15.2 Å². The minimum atomic E-state index is 0.166. The van der Waals surface area contributed by atoms with Gasteiger partial charge >= 0.3 is 0 Å². The van der Waals surface area contributed by atoms with Crippen molar-refractivity contribution < 1.29 is 9.84 Å². The summed E-state index contributed by atoms with van der Waals surface area (Å²) in [4.78, 5) is 13.2. The maximum Gasteiger partial charge on any atom is 0.213 e. The minimum Gasteiger partial charge on any atom is -0.507 e. The Morgan fingerprint density at radius 3 is 2.50 bits per heavy atom. The molecular weight excluding hydrogens is 376 g/mol. The molecule has 2 N–H and O–H groups in total. The van der Waals surface area contributed by atoms with Gasteiger partial charge in [-0.3, -0.25) is 9.97 Å². The van der Waals surface area contributed by atoms with Crippen molar-refractivity contribution >= 4 is 6.08 Å². The number of rotatable bonds is 4. The standard InChI is InChI=1S/C24H24N4O2/c1-30-24-10-17(4-5-26-24)16-2-3-21(23(29)9-16)22-14-27-20(13-28-22)8-15-6-18-11-25-12-19(18)7-15/h2-5,8-10,13-14,18-19,25,29H,6-7,11-12H2,1H3/b15-8-/t18-,19+/m1/s1. The van der Waals surface area contributed by atoms with Gasteiger partial charge in [0, 0.05) is 17.8 Å². The zero-order valence-corrected chi connectivity index (χ0v) is 16.9. The molecule has 0 bridgehead atoms. The van der Waals surface area contributed by atoms with Crippen LogP contribution < -0.4 is 10.1 Å². The summed E-state index contributed by atoms with van der Waals surface area (Å²) in [5, 5.41) is 14.1. The van der Waals surface area contributed by atoms with Crippen LogP contribution in [0.5, 0.6) is 11.6 Å². The molecular formula is C24H24N4O2. The summed E-state index contributed by atoms with van der Waals surface area (Å²) in [5.74, 6) is 2.26. The number of benzene rings is 1. The molecule has 30 heavy (non-hydrogen) atoms. The van der Waals surface area contributed by atoms with Gasteiger partial charge in [-0.25, -0.2) is 4.98 Å². The first-order valence-corrected chi connectivity index (χ1v) is 10.3. The molecule has 2 atom stereocenters. The van der Waals surface area contributed by atoms with Crippen LogP contribution in [-0.4, -0.2) is 40.3 Å². The van der Waals surface area contributed by atoms with Crippen LogP contribution in [0.4, 0.5) is 0 Å². The second-order valence-electron chi connectivity index (χ2n) is 8.03. The van der Waals surface area contributed by atoms with Crippen molar-refractivity contribution in [2.24, 2.45) is 11.8 Å². The molecule has 3 heterocycles. The number of hydrogen-bond donors (Lipinski definition) is 2. The Hall–Kier alpha value is -3.25. The molecule has 3 aromatic rings. The summed E-state index contributed by atoms with van der Waals surface area (Å²) in [7, 11) is 1.58. The average Bonchev–Trinajstić information content (AvgIpc) is 3.36. The van der Waals surface area contributed by atoms with E-state index in [1.807, 2.05) is 24.3 Å². The Morgan fingerprint density at radius 1 is 1.00 bits per heavy atom. The van der Waals surface area contributed by atoms with Crippen LogP contribution in [0.1, 0.15) is 18.5 Å². The van der Waals surface area contributed by atoms with Crippen LogP contribution in [0.3, 0.4) is 0 Å². The Kier molecular flexibility index (Phi) is 4.93. The summed E-state index contributed by atoms with van der Waals surface area (Å²) < 4.78 is 5.18. The second-order valence-corrected chi connectivity index (χ2v) is 8.03. The molecule has 5 rings (SSSR count). The molecule has 0 radical (unpaired) electrons. The number of aromatic hydroxyl groups is 1. The lowest BCUT2D eigenvalue weighted by Crippen LogP contribution is -2.09. The Bertz CT molecular complexity index is 1080. The van der Waals surface area contributed by atoms with Gasteiger partial charge in [-0.15, -0.1) is 0 Å². The van der Waals surface area contributed by atoms with Gasteiger partial charge in [0.2, 0.25) is 5.88 Å². The maximum absolute atomic E-state index is 10.6. The number of phenolic OH excluding ortho intramolecular Hbond substituents is 1. The van der Waals surface area contributed by atoms with Crippen LogP contribution in [0.15, 0.2) is 54.5 Å². The first kappa shape index (κ1) is 18.8. The highest BCUT2D eigenvalue weighted by molar-refractivity contribution is 5.74. The predicted molar refractivity (Wildman–Crippen MR) is 116 cm³/mol. The fourth-order valence-electron chi connectivity index (χ4n) is 4.53. The van der Waals surface area contributed by atoms with Gasteiger partial charge in [0.25, 0.3) is 0 Å². The third-order valence-electron chi connectivity index (χ3n) is 6.10. The van der Waals surface area contributed by atoms with Gasteiger partial charge in [-0.05, 0) is 73.2 Å². The predicted octanol–water partition coefficient (Wildman–Crippen LogP) is 3.93. The lowest BCUT2D eigenvalue weighted by atomic mass is 10.0. The SMILES string of the molecule is COc1cc(-c2ccc(-c3cnc(/C=C4\C[C@H]5CNC[C@H]5C4)cn3)c(O)c2)ccn1. The van der Waals surface area contributed by atoms with Gasteiger partial charge in [-0.2, -0.15) is 0 Å². The van der Waals surface area contributed by atoms with E-state index in [-0.39, 0.29) is 5.75 Å². The van der Waals surface area contributed by atoms with Gasteiger partial charge in [0.05, 0.1) is 30.9 Å². The molecule has 6 nitrogen and oxygen atoms in total. The van der Waals surface area contributed by atoms with Gasteiger partial charge in [-0.1, -0.05) is 11.6 Å². The van der Waals surface area contributed by atoms with Crippen molar-refractivity contribution in [2.45, 2.75) is 12.8 Å². The van der Waals surface area contributed by atoms with Crippen LogP contribution in [0.2, 0.25) is 0 Å². The topological polar surface area (TPSA) is 80.2 Å².